The Bertz CT molecular complexity index is 422. The van der Waals surface area contributed by atoms with Crippen molar-refractivity contribution in [3.63, 3.8) is 0 Å². The van der Waals surface area contributed by atoms with Gasteiger partial charge in [-0.15, -0.1) is 0 Å². The second-order valence-electron chi connectivity index (χ2n) is 3.95. The van der Waals surface area contributed by atoms with Crippen molar-refractivity contribution in [2.75, 3.05) is 6.61 Å². The third-order valence-corrected chi connectivity index (χ3v) is 2.89. The summed E-state index contributed by atoms with van der Waals surface area (Å²) in [7, 11) is 0. The van der Waals surface area contributed by atoms with Gasteiger partial charge >= 0.3 is 5.97 Å². The van der Waals surface area contributed by atoms with Gasteiger partial charge in [-0.1, -0.05) is 12.6 Å². The highest BCUT2D eigenvalue weighted by Crippen LogP contribution is 2.48. The van der Waals surface area contributed by atoms with Crippen molar-refractivity contribution in [3.8, 4) is 0 Å². The van der Waals surface area contributed by atoms with Gasteiger partial charge in [-0.25, -0.2) is 0 Å². The van der Waals surface area contributed by atoms with Gasteiger partial charge < -0.3 is 4.74 Å². The maximum atomic E-state index is 11.8. The highest BCUT2D eigenvalue weighted by molar-refractivity contribution is 5.86. The molecule has 0 aromatic carbocycles. The quantitative estimate of drug-likeness (QED) is 0.726. The smallest absolute Gasteiger partial charge is 0.318 e. The molecule has 2 rings (SSSR count). The van der Waals surface area contributed by atoms with E-state index in [-0.39, 0.29) is 5.97 Å². The zero-order valence-corrected chi connectivity index (χ0v) is 9.40. The Hall–Kier alpha value is -1.64. The second kappa shape index (κ2) is 4.08. The Balaban J connectivity index is 2.29. The Morgan fingerprint density at radius 3 is 2.94 bits per heavy atom. The topological polar surface area (TPSA) is 39.2 Å². The number of rotatable bonds is 4. The SMILES string of the molecule is C=Cc1cccc(C2(C(=O)OCC)CC2)n1. The van der Waals surface area contributed by atoms with Crippen LogP contribution in [0.15, 0.2) is 24.8 Å². The highest BCUT2D eigenvalue weighted by atomic mass is 16.5. The number of aromatic nitrogens is 1. The number of pyridine rings is 1. The molecule has 0 bridgehead atoms. The van der Waals surface area contributed by atoms with Crippen molar-refractivity contribution in [3.05, 3.63) is 36.2 Å². The van der Waals surface area contributed by atoms with Crippen LogP contribution in [0, 0.1) is 0 Å². The molecule has 0 N–H and O–H groups in total. The third kappa shape index (κ3) is 1.73. The van der Waals surface area contributed by atoms with Gasteiger partial charge in [0.25, 0.3) is 0 Å². The van der Waals surface area contributed by atoms with Crippen LogP contribution in [-0.4, -0.2) is 17.6 Å². The molecule has 84 valence electrons. The molecule has 1 aromatic heterocycles. The summed E-state index contributed by atoms with van der Waals surface area (Å²) in [5.41, 5.74) is 1.13. The fourth-order valence-corrected chi connectivity index (χ4v) is 1.79. The fraction of sp³-hybridized carbons (Fsp3) is 0.385. The molecular formula is C13H15NO2. The molecule has 1 fully saturated rings. The number of carbonyl (C=O) groups is 1. The van der Waals surface area contributed by atoms with E-state index in [1.807, 2.05) is 25.1 Å². The Morgan fingerprint density at radius 2 is 2.38 bits per heavy atom. The normalized spacial score (nSPS) is 16.6. The summed E-state index contributed by atoms with van der Waals surface area (Å²) in [6.45, 7) is 5.92. The van der Waals surface area contributed by atoms with Gasteiger partial charge in [0.15, 0.2) is 0 Å². The van der Waals surface area contributed by atoms with E-state index >= 15 is 0 Å². The number of hydrogen-bond donors (Lipinski definition) is 0. The average Bonchev–Trinajstić information content (AvgIpc) is 3.11. The van der Waals surface area contributed by atoms with E-state index in [0.29, 0.717) is 6.61 Å². The minimum Gasteiger partial charge on any atom is -0.465 e. The van der Waals surface area contributed by atoms with Crippen molar-refractivity contribution in [1.82, 2.24) is 4.98 Å². The molecule has 1 aliphatic rings. The molecule has 1 aliphatic carbocycles. The van der Waals surface area contributed by atoms with Crippen LogP contribution in [0.25, 0.3) is 6.08 Å². The number of carbonyl (C=O) groups excluding carboxylic acids is 1. The van der Waals surface area contributed by atoms with Crippen molar-refractivity contribution in [2.45, 2.75) is 25.2 Å². The summed E-state index contributed by atoms with van der Waals surface area (Å²) >= 11 is 0. The fourth-order valence-electron chi connectivity index (χ4n) is 1.79. The van der Waals surface area contributed by atoms with E-state index in [0.717, 1.165) is 24.2 Å². The first-order valence-electron chi connectivity index (χ1n) is 5.50. The number of nitrogens with zero attached hydrogens (tertiary/aromatic N) is 1. The van der Waals surface area contributed by atoms with Gasteiger partial charge in [0.05, 0.1) is 18.0 Å². The number of hydrogen-bond acceptors (Lipinski definition) is 3. The summed E-state index contributed by atoms with van der Waals surface area (Å²) in [4.78, 5) is 16.2. The van der Waals surface area contributed by atoms with E-state index in [9.17, 15) is 4.79 Å². The molecule has 0 radical (unpaired) electrons. The Labute approximate surface area is 95.2 Å². The molecule has 0 spiro atoms. The van der Waals surface area contributed by atoms with E-state index in [1.165, 1.54) is 0 Å². The molecule has 1 heterocycles. The maximum Gasteiger partial charge on any atom is 0.318 e. The van der Waals surface area contributed by atoms with Crippen molar-refractivity contribution < 1.29 is 9.53 Å². The second-order valence-corrected chi connectivity index (χ2v) is 3.95. The Morgan fingerprint density at radius 1 is 1.62 bits per heavy atom. The van der Waals surface area contributed by atoms with Crippen LogP contribution >= 0.6 is 0 Å². The predicted octanol–water partition coefficient (Wildman–Crippen LogP) is 2.32. The van der Waals surface area contributed by atoms with Gasteiger partial charge in [0.2, 0.25) is 0 Å². The van der Waals surface area contributed by atoms with Gasteiger partial charge in [-0.3, -0.25) is 9.78 Å². The van der Waals surface area contributed by atoms with Gasteiger partial charge in [0, 0.05) is 0 Å². The van der Waals surface area contributed by atoms with Gasteiger partial charge in [-0.2, -0.15) is 0 Å². The highest BCUT2D eigenvalue weighted by Gasteiger charge is 2.54. The number of esters is 1. The summed E-state index contributed by atoms with van der Waals surface area (Å²) < 4.78 is 5.09. The first-order valence-corrected chi connectivity index (χ1v) is 5.50. The first kappa shape index (κ1) is 10.9. The molecule has 1 aromatic rings. The van der Waals surface area contributed by atoms with Crippen LogP contribution in [-0.2, 0) is 14.9 Å². The Kier molecular flexibility index (Phi) is 2.77. The molecule has 0 amide bonds. The summed E-state index contributed by atoms with van der Waals surface area (Å²) in [5, 5.41) is 0. The lowest BCUT2D eigenvalue weighted by Crippen LogP contribution is -2.24. The standard InChI is InChI=1S/C13H15NO2/c1-3-10-6-5-7-11(14-10)13(8-9-13)12(15)16-4-2/h3,5-7H,1,4,8-9H2,2H3. The van der Waals surface area contributed by atoms with Gasteiger partial charge in [-0.05, 0) is 38.0 Å². The maximum absolute atomic E-state index is 11.8. The zero-order valence-electron chi connectivity index (χ0n) is 9.40. The molecular weight excluding hydrogens is 202 g/mol. The molecule has 0 saturated heterocycles. The first-order chi connectivity index (χ1) is 7.73. The van der Waals surface area contributed by atoms with Crippen molar-refractivity contribution in [2.24, 2.45) is 0 Å². The summed E-state index contributed by atoms with van der Waals surface area (Å²) in [6, 6.07) is 5.66. The summed E-state index contributed by atoms with van der Waals surface area (Å²) in [5.74, 6) is -0.149. The van der Waals surface area contributed by atoms with Crippen molar-refractivity contribution >= 4 is 12.0 Å². The molecule has 0 atom stereocenters. The molecule has 0 aliphatic heterocycles. The van der Waals surface area contributed by atoms with Crippen molar-refractivity contribution in [1.29, 1.82) is 0 Å². The molecule has 3 heteroatoms. The van der Waals surface area contributed by atoms with Crippen LogP contribution in [0.5, 0.6) is 0 Å². The van der Waals surface area contributed by atoms with Crippen LogP contribution in [0.3, 0.4) is 0 Å². The molecule has 3 nitrogen and oxygen atoms in total. The monoisotopic (exact) mass is 217 g/mol. The minimum atomic E-state index is -0.477. The van der Waals surface area contributed by atoms with E-state index in [2.05, 4.69) is 11.6 Å². The third-order valence-electron chi connectivity index (χ3n) is 2.89. The zero-order chi connectivity index (χ0) is 11.6. The van der Waals surface area contributed by atoms with Crippen LogP contribution < -0.4 is 0 Å². The lowest BCUT2D eigenvalue weighted by molar-refractivity contribution is -0.146. The average molecular weight is 217 g/mol. The lowest BCUT2D eigenvalue weighted by Gasteiger charge is -2.13. The summed E-state index contributed by atoms with van der Waals surface area (Å²) in [6.07, 6.45) is 3.35. The largest absolute Gasteiger partial charge is 0.465 e. The van der Waals surface area contributed by atoms with Gasteiger partial charge in [0.1, 0.15) is 5.41 Å². The molecule has 0 unspecified atom stereocenters. The minimum absolute atomic E-state index is 0.149. The molecule has 1 saturated carbocycles. The number of ether oxygens (including phenoxy) is 1. The van der Waals surface area contributed by atoms with E-state index in [4.69, 9.17) is 4.74 Å². The van der Waals surface area contributed by atoms with E-state index in [1.54, 1.807) is 6.08 Å². The van der Waals surface area contributed by atoms with Crippen LogP contribution in [0.1, 0.15) is 31.2 Å². The molecule has 16 heavy (non-hydrogen) atoms. The van der Waals surface area contributed by atoms with Crippen LogP contribution in [0.4, 0.5) is 0 Å². The van der Waals surface area contributed by atoms with Crippen LogP contribution in [0.2, 0.25) is 0 Å². The predicted molar refractivity (Wildman–Crippen MR) is 61.9 cm³/mol. The van der Waals surface area contributed by atoms with E-state index < -0.39 is 5.41 Å². The lowest BCUT2D eigenvalue weighted by atomic mass is 10.0.